The van der Waals surface area contributed by atoms with E-state index in [4.69, 9.17) is 19.4 Å². The van der Waals surface area contributed by atoms with Gasteiger partial charge in [-0.15, -0.1) is 27.3 Å². The molecule has 0 bridgehead atoms. The first-order chi connectivity index (χ1) is 37.9. The van der Waals surface area contributed by atoms with Gasteiger partial charge in [-0.2, -0.15) is 0 Å². The number of benzene rings is 9. The van der Waals surface area contributed by atoms with Gasteiger partial charge in [0.05, 0.1) is 0 Å². The van der Waals surface area contributed by atoms with Crippen molar-refractivity contribution in [3.63, 3.8) is 0 Å². The minimum atomic E-state index is 0.633. The summed E-state index contributed by atoms with van der Waals surface area (Å²) in [5.74, 6) is 1.90. The van der Waals surface area contributed by atoms with Gasteiger partial charge < -0.3 is 8.98 Å². The van der Waals surface area contributed by atoms with E-state index in [1.54, 1.807) is 0 Å². The lowest BCUT2D eigenvalue weighted by atomic mass is 9.60. The minimum Gasteiger partial charge on any atom is -0.457 e. The zero-order valence-electron chi connectivity index (χ0n) is 51.5. The summed E-state index contributed by atoms with van der Waals surface area (Å²) in [7, 11) is 51.3. The standard InChI is InChI=1S/C53H54B22N4O/c54-24-14-18(29(59)39(69)37(67)27(14)57)34(64)46-20(24)21-25(55)15-19(30(60)40(70)38(68)28(15)58)35(65)47(21)79(46)48-43(73)31(61)17(32(62)44(48)74)16-26(56)23(13-22-33(63)41(71)42(72)45(75)50(22)80-49(13)36(16)66)53-77-51(11-7-3-1-4-8-11)76-52(78-53)12-9-5-2-6-10-12/h1-10H,54-75H2. The Kier molecular flexibility index (Phi) is 12.9. The Morgan fingerprint density at radius 3 is 1.00 bits per heavy atom. The first-order valence-corrected chi connectivity index (χ1v) is 28.7. The molecule has 0 aliphatic heterocycles. The Labute approximate surface area is 490 Å². The molecule has 0 unspecified atom stereocenters. The molecular formula is C53H54B22N4O. The van der Waals surface area contributed by atoms with Gasteiger partial charge in [0, 0.05) is 55.0 Å². The van der Waals surface area contributed by atoms with E-state index in [1.807, 2.05) is 12.1 Å². The number of aromatic nitrogens is 4. The number of nitrogens with zero attached hydrogens (tertiary/aromatic N) is 4. The van der Waals surface area contributed by atoms with Crippen molar-refractivity contribution in [3.8, 4) is 51.0 Å². The highest BCUT2D eigenvalue weighted by molar-refractivity contribution is 6.76. The molecule has 0 saturated carbocycles. The van der Waals surface area contributed by atoms with Crippen molar-refractivity contribution in [1.82, 2.24) is 19.5 Å². The monoisotopic (exact) mass is 1000 g/mol. The van der Waals surface area contributed by atoms with Gasteiger partial charge in [-0.25, -0.2) is 15.0 Å². The molecule has 80 heavy (non-hydrogen) atoms. The van der Waals surface area contributed by atoms with Crippen LogP contribution in [0.5, 0.6) is 0 Å². The van der Waals surface area contributed by atoms with Crippen LogP contribution in [0.4, 0.5) is 0 Å². The second-order valence-electron chi connectivity index (χ2n) is 24.1. The zero-order valence-corrected chi connectivity index (χ0v) is 51.5. The van der Waals surface area contributed by atoms with E-state index in [-0.39, 0.29) is 0 Å². The molecule has 0 atom stereocenters. The Bertz CT molecular complexity index is 4640. The van der Waals surface area contributed by atoms with Crippen LogP contribution in [0.15, 0.2) is 65.1 Å². The molecule has 5 nitrogen and oxygen atoms in total. The maximum atomic E-state index is 7.37. The smallest absolute Gasteiger partial charge is 0.164 e. The van der Waals surface area contributed by atoms with Crippen LogP contribution in [0.25, 0.3) is 116 Å². The number of rotatable bonds is 5. The molecule has 358 valence electrons. The number of hydrogen-bond acceptors (Lipinski definition) is 4. The highest BCUT2D eigenvalue weighted by Gasteiger charge is 2.32. The Balaban J connectivity index is 1.26. The average Bonchev–Trinajstić information content (AvgIpc) is 3.91. The molecule has 0 radical (unpaired) electrons. The molecule has 0 N–H and O–H groups in total. The SMILES string of the molecule is Bc1c(B)c(-n2c3c(B)c4c(B)c(B)c(B)c(B)c4c(B)c3c3c(B)c4c(B)c(B)c(B)c(B)c4c(B)c32)c(B)c(B)c1-c1c(B)c(-c2nc(-c3ccccc3)nc(-c3ccccc3)n2)c2c(oc3c(B)c(B)c(B)c(B)c32)c1B. The van der Waals surface area contributed by atoms with Crippen LogP contribution < -0.4 is 120 Å². The normalized spacial score (nSPS) is 11.8. The fraction of sp³-hybridized carbons (Fsp3) is 0. The Hall–Kier alpha value is -6.46. The quantitative estimate of drug-likeness (QED) is 0.161. The van der Waals surface area contributed by atoms with Gasteiger partial charge in [-0.1, -0.05) is 148 Å². The summed E-state index contributed by atoms with van der Waals surface area (Å²) in [6.07, 6.45) is 0. The third-order valence-corrected chi connectivity index (χ3v) is 20.5. The molecule has 0 spiro atoms. The molecular weight excluding hydrogens is 946 g/mol. The second-order valence-corrected chi connectivity index (χ2v) is 24.1. The maximum Gasteiger partial charge on any atom is 0.164 e. The third-order valence-electron chi connectivity index (χ3n) is 20.5. The van der Waals surface area contributed by atoms with Crippen molar-refractivity contribution < 1.29 is 4.42 Å². The van der Waals surface area contributed by atoms with Gasteiger partial charge in [0.25, 0.3) is 0 Å². The topological polar surface area (TPSA) is 56.7 Å². The molecule has 0 aliphatic rings. The molecule has 0 aliphatic carbocycles. The molecule has 3 heterocycles. The van der Waals surface area contributed by atoms with Gasteiger partial charge in [0.2, 0.25) is 0 Å². The second kappa shape index (κ2) is 19.1. The van der Waals surface area contributed by atoms with Crippen molar-refractivity contribution in [1.29, 1.82) is 0 Å². The van der Waals surface area contributed by atoms with Gasteiger partial charge >= 0.3 is 0 Å². The lowest BCUT2D eigenvalue weighted by Gasteiger charge is -2.28. The van der Waals surface area contributed by atoms with E-state index in [0.29, 0.717) is 17.5 Å². The molecule has 12 rings (SSSR count). The summed E-state index contributed by atoms with van der Waals surface area (Å²) in [6.45, 7) is 0. The van der Waals surface area contributed by atoms with Crippen LogP contribution in [-0.4, -0.2) is 192 Å². The fourth-order valence-electron chi connectivity index (χ4n) is 15.0. The zero-order chi connectivity index (χ0) is 57.3. The molecule has 0 fully saturated rings. The van der Waals surface area contributed by atoms with Gasteiger partial charge in [-0.3, -0.25) is 0 Å². The molecule has 3 aromatic heterocycles. The highest BCUT2D eigenvalue weighted by atomic mass is 16.3. The van der Waals surface area contributed by atoms with E-state index < -0.39 is 0 Å². The first kappa shape index (κ1) is 54.1. The van der Waals surface area contributed by atoms with Gasteiger partial charge in [-0.05, 0) is 38.1 Å². The highest BCUT2D eigenvalue weighted by Crippen LogP contribution is 2.36. The number of fused-ring (bicyclic) bond motifs is 8. The lowest BCUT2D eigenvalue weighted by molar-refractivity contribution is 0.675. The first-order valence-electron chi connectivity index (χ1n) is 28.7. The number of furan rings is 1. The van der Waals surface area contributed by atoms with Crippen molar-refractivity contribution in [3.05, 3.63) is 60.7 Å². The fourth-order valence-corrected chi connectivity index (χ4v) is 15.0. The van der Waals surface area contributed by atoms with Crippen LogP contribution in [-0.2, 0) is 0 Å². The van der Waals surface area contributed by atoms with Crippen molar-refractivity contribution in [2.45, 2.75) is 0 Å². The van der Waals surface area contributed by atoms with Crippen LogP contribution in [0.1, 0.15) is 0 Å². The average molecular weight is 1000 g/mol. The summed E-state index contributed by atoms with van der Waals surface area (Å²) in [6, 6.07) is 20.6. The third kappa shape index (κ3) is 7.25. The number of hydrogen-bond donors (Lipinski definition) is 0. The summed E-state index contributed by atoms with van der Waals surface area (Å²) in [5, 5.41) is 10.5. The Morgan fingerprint density at radius 2 is 0.588 bits per heavy atom. The van der Waals surface area contributed by atoms with Crippen LogP contribution in [0.2, 0.25) is 0 Å². The lowest BCUT2D eigenvalue weighted by Crippen LogP contribution is -2.50. The van der Waals surface area contributed by atoms with Crippen molar-refractivity contribution in [2.75, 3.05) is 0 Å². The molecule has 0 amide bonds. The molecule has 27 heteroatoms. The van der Waals surface area contributed by atoms with Gasteiger partial charge in [0.1, 0.15) is 184 Å². The predicted octanol–water partition coefficient (Wildman–Crippen LogP) is -24.5. The summed E-state index contributed by atoms with van der Waals surface area (Å²) < 4.78 is 10.1. The van der Waals surface area contributed by atoms with E-state index in [2.05, 4.69) is 226 Å². The van der Waals surface area contributed by atoms with E-state index in [9.17, 15) is 0 Å². The van der Waals surface area contributed by atoms with E-state index in [1.165, 1.54) is 158 Å². The van der Waals surface area contributed by atoms with Crippen molar-refractivity contribution >= 4 is 358 Å². The van der Waals surface area contributed by atoms with E-state index >= 15 is 0 Å². The van der Waals surface area contributed by atoms with Crippen LogP contribution in [0.3, 0.4) is 0 Å². The van der Waals surface area contributed by atoms with Gasteiger partial charge in [0.15, 0.2) is 17.5 Å². The summed E-state index contributed by atoms with van der Waals surface area (Å²) in [4.78, 5) is 16.2. The van der Waals surface area contributed by atoms with Crippen LogP contribution in [0, 0.1) is 0 Å². The molecule has 9 aromatic carbocycles. The molecule has 0 saturated heterocycles. The van der Waals surface area contributed by atoms with Crippen LogP contribution >= 0.6 is 0 Å². The summed E-state index contributed by atoms with van der Waals surface area (Å²) in [5.41, 5.74) is 39.6. The largest absolute Gasteiger partial charge is 0.457 e. The van der Waals surface area contributed by atoms with Crippen molar-refractivity contribution in [2.24, 2.45) is 0 Å². The van der Waals surface area contributed by atoms with E-state index in [0.717, 1.165) is 60.6 Å². The Morgan fingerprint density at radius 1 is 0.250 bits per heavy atom. The predicted molar refractivity (Wildman–Crippen MR) is 418 cm³/mol. The maximum absolute atomic E-state index is 7.37. The molecule has 12 aromatic rings. The summed E-state index contributed by atoms with van der Waals surface area (Å²) >= 11 is 0. The minimum absolute atomic E-state index is 0.633.